The Balaban J connectivity index is 1.99. The Morgan fingerprint density at radius 3 is 2.33 bits per heavy atom. The molecule has 0 unspecified atom stereocenters. The standard InChI is InChI=1S/C21H14/c1-2-5-16-13-21-17(12-15(16)4-1)9-11-19-18-7-3-6-14(18)8-10-20(19)21/h1-5,7-13H,6H2. The molecule has 21 heavy (non-hydrogen) atoms. The molecule has 0 bridgehead atoms. The van der Waals surface area contributed by atoms with Gasteiger partial charge in [-0.25, -0.2) is 0 Å². The molecule has 0 heterocycles. The fourth-order valence-electron chi connectivity index (χ4n) is 3.58. The van der Waals surface area contributed by atoms with Gasteiger partial charge in [0.05, 0.1) is 0 Å². The van der Waals surface area contributed by atoms with E-state index >= 15 is 0 Å². The van der Waals surface area contributed by atoms with Gasteiger partial charge in [-0.1, -0.05) is 60.7 Å². The number of allylic oxidation sites excluding steroid dienone is 1. The first-order chi connectivity index (χ1) is 10.4. The lowest BCUT2D eigenvalue weighted by molar-refractivity contribution is 1.32. The molecule has 4 aromatic carbocycles. The molecule has 0 saturated carbocycles. The van der Waals surface area contributed by atoms with Crippen LogP contribution in [-0.2, 0) is 6.42 Å². The predicted octanol–water partition coefficient (Wildman–Crippen LogP) is 5.72. The number of hydrogen-bond acceptors (Lipinski definition) is 0. The molecule has 0 amide bonds. The van der Waals surface area contributed by atoms with Crippen molar-refractivity contribution in [1.82, 2.24) is 0 Å². The van der Waals surface area contributed by atoms with Crippen molar-refractivity contribution < 1.29 is 0 Å². The van der Waals surface area contributed by atoms with E-state index in [1.165, 1.54) is 43.4 Å². The summed E-state index contributed by atoms with van der Waals surface area (Å²) in [5, 5.41) is 8.05. The van der Waals surface area contributed by atoms with Gasteiger partial charge in [0, 0.05) is 0 Å². The van der Waals surface area contributed by atoms with Crippen molar-refractivity contribution >= 4 is 38.4 Å². The molecule has 0 heteroatoms. The summed E-state index contributed by atoms with van der Waals surface area (Å²) in [6, 6.07) is 22.3. The van der Waals surface area contributed by atoms with Gasteiger partial charge in [0.1, 0.15) is 0 Å². The molecule has 0 N–H and O–H groups in total. The van der Waals surface area contributed by atoms with Crippen molar-refractivity contribution in [2.75, 3.05) is 0 Å². The molecule has 0 aliphatic heterocycles. The van der Waals surface area contributed by atoms with Crippen LogP contribution in [0.15, 0.2) is 66.7 Å². The molecule has 0 radical (unpaired) electrons. The quantitative estimate of drug-likeness (QED) is 0.282. The molecule has 4 aromatic rings. The highest BCUT2D eigenvalue weighted by Crippen LogP contribution is 2.34. The minimum atomic E-state index is 1.07. The third-order valence-corrected chi connectivity index (χ3v) is 4.64. The lowest BCUT2D eigenvalue weighted by Gasteiger charge is -2.09. The Labute approximate surface area is 123 Å². The first kappa shape index (κ1) is 11.1. The predicted molar refractivity (Wildman–Crippen MR) is 91.7 cm³/mol. The average Bonchev–Trinajstić information content (AvgIpc) is 3.01. The summed E-state index contributed by atoms with van der Waals surface area (Å²) in [5.74, 6) is 0. The topological polar surface area (TPSA) is 0 Å². The molecule has 0 atom stereocenters. The van der Waals surface area contributed by atoms with E-state index in [9.17, 15) is 0 Å². The highest BCUT2D eigenvalue weighted by atomic mass is 14.1. The van der Waals surface area contributed by atoms with Crippen LogP contribution in [0.1, 0.15) is 11.1 Å². The van der Waals surface area contributed by atoms with Gasteiger partial charge in [-0.15, -0.1) is 0 Å². The van der Waals surface area contributed by atoms with Crippen LogP contribution < -0.4 is 0 Å². The van der Waals surface area contributed by atoms with Gasteiger partial charge in [-0.2, -0.15) is 0 Å². The summed E-state index contributed by atoms with van der Waals surface area (Å²) >= 11 is 0. The van der Waals surface area contributed by atoms with Gasteiger partial charge in [0.15, 0.2) is 0 Å². The molecule has 1 aliphatic carbocycles. The van der Waals surface area contributed by atoms with E-state index in [0.717, 1.165) is 6.42 Å². The number of benzene rings is 4. The van der Waals surface area contributed by atoms with Crippen LogP contribution in [0.25, 0.3) is 38.4 Å². The largest absolute Gasteiger partial charge is 0.0795 e. The maximum atomic E-state index is 2.33. The minimum absolute atomic E-state index is 1.07. The van der Waals surface area contributed by atoms with Crippen LogP contribution in [0, 0.1) is 0 Å². The molecule has 0 fully saturated rings. The van der Waals surface area contributed by atoms with Gasteiger partial charge in [0.25, 0.3) is 0 Å². The fourth-order valence-corrected chi connectivity index (χ4v) is 3.58. The van der Waals surface area contributed by atoms with E-state index in [1.54, 1.807) is 0 Å². The Morgan fingerprint density at radius 1 is 0.619 bits per heavy atom. The Morgan fingerprint density at radius 2 is 1.43 bits per heavy atom. The monoisotopic (exact) mass is 266 g/mol. The molecule has 0 nitrogen and oxygen atoms in total. The lowest BCUT2D eigenvalue weighted by atomic mass is 9.94. The third-order valence-electron chi connectivity index (χ3n) is 4.64. The van der Waals surface area contributed by atoms with Crippen molar-refractivity contribution in [2.45, 2.75) is 6.42 Å². The molecule has 0 aromatic heterocycles. The summed E-state index contributed by atoms with van der Waals surface area (Å²) in [6.07, 6.45) is 5.60. The fraction of sp³-hybridized carbons (Fsp3) is 0.0476. The van der Waals surface area contributed by atoms with E-state index < -0.39 is 0 Å². The van der Waals surface area contributed by atoms with E-state index in [0.29, 0.717) is 0 Å². The molecular weight excluding hydrogens is 252 g/mol. The van der Waals surface area contributed by atoms with E-state index in [2.05, 4.69) is 72.8 Å². The maximum Gasteiger partial charge on any atom is -0.00879 e. The summed E-state index contributed by atoms with van der Waals surface area (Å²) in [4.78, 5) is 0. The second kappa shape index (κ2) is 3.95. The average molecular weight is 266 g/mol. The summed E-state index contributed by atoms with van der Waals surface area (Å²) in [7, 11) is 0. The van der Waals surface area contributed by atoms with Crippen molar-refractivity contribution in [1.29, 1.82) is 0 Å². The van der Waals surface area contributed by atoms with Gasteiger partial charge in [-0.05, 0) is 62.0 Å². The molecule has 1 aliphatic rings. The van der Waals surface area contributed by atoms with Crippen molar-refractivity contribution in [2.24, 2.45) is 0 Å². The van der Waals surface area contributed by atoms with Gasteiger partial charge >= 0.3 is 0 Å². The second-order valence-corrected chi connectivity index (χ2v) is 5.83. The van der Waals surface area contributed by atoms with Crippen LogP contribution in [0.5, 0.6) is 0 Å². The number of hydrogen-bond donors (Lipinski definition) is 0. The molecule has 5 rings (SSSR count). The molecular formula is C21H14. The maximum absolute atomic E-state index is 2.33. The van der Waals surface area contributed by atoms with E-state index in [4.69, 9.17) is 0 Å². The number of fused-ring (bicyclic) bond motifs is 6. The van der Waals surface area contributed by atoms with Crippen molar-refractivity contribution in [3.8, 4) is 0 Å². The van der Waals surface area contributed by atoms with Gasteiger partial charge in [-0.3, -0.25) is 0 Å². The molecule has 0 saturated heterocycles. The summed E-state index contributed by atoms with van der Waals surface area (Å²) < 4.78 is 0. The van der Waals surface area contributed by atoms with Crippen LogP contribution in [0.2, 0.25) is 0 Å². The third kappa shape index (κ3) is 1.50. The lowest BCUT2D eigenvalue weighted by Crippen LogP contribution is -1.86. The zero-order valence-corrected chi connectivity index (χ0v) is 11.6. The SMILES string of the molecule is C1=Cc2c(ccc3c2ccc2cc4ccccc4cc23)C1. The zero-order chi connectivity index (χ0) is 13.8. The van der Waals surface area contributed by atoms with Crippen LogP contribution >= 0.6 is 0 Å². The molecule has 98 valence electrons. The first-order valence-corrected chi connectivity index (χ1v) is 7.44. The zero-order valence-electron chi connectivity index (χ0n) is 11.6. The smallest absolute Gasteiger partial charge is 0.00879 e. The van der Waals surface area contributed by atoms with E-state index in [-0.39, 0.29) is 0 Å². The van der Waals surface area contributed by atoms with Gasteiger partial charge < -0.3 is 0 Å². The minimum Gasteiger partial charge on any atom is -0.0795 e. The van der Waals surface area contributed by atoms with Crippen molar-refractivity contribution in [3.63, 3.8) is 0 Å². The van der Waals surface area contributed by atoms with Crippen LogP contribution in [0.4, 0.5) is 0 Å². The van der Waals surface area contributed by atoms with Gasteiger partial charge in [0.2, 0.25) is 0 Å². The van der Waals surface area contributed by atoms with Crippen molar-refractivity contribution in [3.05, 3.63) is 77.9 Å². The highest BCUT2D eigenvalue weighted by molar-refractivity contribution is 6.14. The van der Waals surface area contributed by atoms with Crippen LogP contribution in [0.3, 0.4) is 0 Å². The number of rotatable bonds is 0. The van der Waals surface area contributed by atoms with E-state index in [1.807, 2.05) is 0 Å². The Kier molecular flexibility index (Phi) is 2.09. The summed E-state index contributed by atoms with van der Waals surface area (Å²) in [6.45, 7) is 0. The second-order valence-electron chi connectivity index (χ2n) is 5.83. The Hall–Kier alpha value is -2.60. The normalized spacial score (nSPS) is 13.3. The Bertz CT molecular complexity index is 1050. The van der Waals surface area contributed by atoms with Crippen LogP contribution in [-0.4, -0.2) is 0 Å². The molecule has 0 spiro atoms. The highest BCUT2D eigenvalue weighted by Gasteiger charge is 2.11. The summed E-state index contributed by atoms with van der Waals surface area (Å²) in [5.41, 5.74) is 2.85. The first-order valence-electron chi connectivity index (χ1n) is 7.44.